The summed E-state index contributed by atoms with van der Waals surface area (Å²) in [6.45, 7) is 6.05. The van der Waals surface area contributed by atoms with Crippen LogP contribution >= 0.6 is 11.6 Å². The van der Waals surface area contributed by atoms with Gasteiger partial charge in [-0.05, 0) is 81.1 Å². The van der Waals surface area contributed by atoms with Crippen LogP contribution in [0, 0.1) is 11.8 Å². The molecule has 1 aromatic carbocycles. The molecule has 2 saturated heterocycles. The summed E-state index contributed by atoms with van der Waals surface area (Å²) in [5.74, 6) is 1.12. The number of piperidine rings is 2. The number of amides is 2. The van der Waals surface area contributed by atoms with Gasteiger partial charge in [-0.15, -0.1) is 0 Å². The van der Waals surface area contributed by atoms with Crippen LogP contribution in [0.15, 0.2) is 47.8 Å². The molecule has 2 amide bonds. The Morgan fingerprint density at radius 1 is 1.03 bits per heavy atom. The molecule has 0 bridgehead atoms. The third-order valence-electron chi connectivity index (χ3n) is 7.46. The Morgan fingerprint density at radius 2 is 1.72 bits per heavy atom. The number of hydrogen-bond acceptors (Lipinski definition) is 7. The quantitative estimate of drug-likeness (QED) is 0.345. The maximum Gasteiger partial charge on any atom is 0.412 e. The summed E-state index contributed by atoms with van der Waals surface area (Å²) >= 11 is 6.03. The lowest BCUT2D eigenvalue weighted by Gasteiger charge is -2.37. The smallest absolute Gasteiger partial charge is 0.412 e. The lowest BCUT2D eigenvalue weighted by molar-refractivity contribution is -0.138. The molecule has 0 aliphatic carbocycles. The van der Waals surface area contributed by atoms with Crippen LogP contribution in [-0.2, 0) is 27.3 Å². The van der Waals surface area contributed by atoms with E-state index in [1.807, 2.05) is 41.3 Å². The van der Waals surface area contributed by atoms with Gasteiger partial charge in [-0.1, -0.05) is 28.9 Å². The van der Waals surface area contributed by atoms with Gasteiger partial charge in [0.05, 0.1) is 12.3 Å². The fraction of sp³-hybridized carbons (Fsp3) is 0.517. The van der Waals surface area contributed by atoms with Gasteiger partial charge in [0.1, 0.15) is 12.9 Å². The van der Waals surface area contributed by atoms with E-state index in [0.717, 1.165) is 86.7 Å². The Balaban J connectivity index is 1.23. The van der Waals surface area contributed by atoms with Crippen molar-refractivity contribution in [3.8, 4) is 0 Å². The molecule has 0 atom stereocenters. The van der Waals surface area contributed by atoms with Crippen molar-refractivity contribution in [3.63, 3.8) is 0 Å². The topological polar surface area (TPSA) is 96.4 Å². The van der Waals surface area contributed by atoms with Gasteiger partial charge < -0.3 is 14.5 Å². The van der Waals surface area contributed by atoms with Crippen molar-refractivity contribution in [1.82, 2.24) is 14.8 Å². The number of oxime groups is 1. The second-order valence-electron chi connectivity index (χ2n) is 10.1. The van der Waals surface area contributed by atoms with Gasteiger partial charge in [0.2, 0.25) is 5.91 Å². The number of rotatable bonds is 9. The van der Waals surface area contributed by atoms with Gasteiger partial charge in [0, 0.05) is 49.1 Å². The summed E-state index contributed by atoms with van der Waals surface area (Å²) in [4.78, 5) is 38.7. The lowest BCUT2D eigenvalue weighted by atomic mass is 9.87. The number of benzene rings is 1. The number of hydrogen-bond donors (Lipinski definition) is 1. The first kappa shape index (κ1) is 28.8. The van der Waals surface area contributed by atoms with Crippen LogP contribution in [0.5, 0.6) is 0 Å². The van der Waals surface area contributed by atoms with Crippen LogP contribution in [0.4, 0.5) is 10.6 Å². The lowest BCUT2D eigenvalue weighted by Crippen LogP contribution is -2.46. The maximum absolute atomic E-state index is 13.3. The highest BCUT2D eigenvalue weighted by atomic mass is 35.5. The number of nitrogens with one attached hydrogen (secondary N) is 1. The molecule has 39 heavy (non-hydrogen) atoms. The minimum absolute atomic E-state index is 0.0671. The minimum atomic E-state index is -0.505. The molecule has 3 heterocycles. The SMILES string of the molecule is CCOC(=O)Nc1cc(CN2CCC(C(=O)N3CCC(/C(Cc4ccc(Cl)cc4)=N/OC)CC3)CC2)ccn1. The number of nitrogens with zero attached hydrogens (tertiary/aromatic N) is 4. The summed E-state index contributed by atoms with van der Waals surface area (Å²) in [5.41, 5.74) is 3.24. The van der Waals surface area contributed by atoms with Gasteiger partial charge >= 0.3 is 6.09 Å². The third-order valence-corrected chi connectivity index (χ3v) is 7.71. The Bertz CT molecular complexity index is 1130. The molecule has 0 unspecified atom stereocenters. The summed E-state index contributed by atoms with van der Waals surface area (Å²) in [6.07, 6.45) is 5.40. The second-order valence-corrected chi connectivity index (χ2v) is 10.5. The zero-order valence-corrected chi connectivity index (χ0v) is 23.5. The highest BCUT2D eigenvalue weighted by molar-refractivity contribution is 6.30. The normalized spacial score (nSPS) is 17.6. The van der Waals surface area contributed by atoms with E-state index in [9.17, 15) is 9.59 Å². The molecule has 210 valence electrons. The molecular weight excluding hydrogens is 518 g/mol. The van der Waals surface area contributed by atoms with E-state index in [4.69, 9.17) is 21.2 Å². The van der Waals surface area contributed by atoms with E-state index in [2.05, 4.69) is 20.4 Å². The molecule has 2 aliphatic rings. The first-order chi connectivity index (χ1) is 18.9. The van der Waals surface area contributed by atoms with Crippen LogP contribution < -0.4 is 5.32 Å². The van der Waals surface area contributed by atoms with Crippen molar-refractivity contribution in [2.24, 2.45) is 17.0 Å². The zero-order chi connectivity index (χ0) is 27.6. The van der Waals surface area contributed by atoms with E-state index in [1.54, 1.807) is 20.2 Å². The van der Waals surface area contributed by atoms with E-state index in [-0.39, 0.29) is 11.8 Å². The minimum Gasteiger partial charge on any atom is -0.450 e. The second kappa shape index (κ2) is 14.3. The van der Waals surface area contributed by atoms with Crippen molar-refractivity contribution in [2.45, 2.75) is 45.6 Å². The van der Waals surface area contributed by atoms with Crippen molar-refractivity contribution in [2.75, 3.05) is 45.2 Å². The van der Waals surface area contributed by atoms with Crippen LogP contribution in [0.3, 0.4) is 0 Å². The van der Waals surface area contributed by atoms with Crippen LogP contribution in [0.1, 0.15) is 43.7 Å². The summed E-state index contributed by atoms with van der Waals surface area (Å²) in [6, 6.07) is 11.6. The first-order valence-electron chi connectivity index (χ1n) is 13.7. The number of anilines is 1. The summed E-state index contributed by atoms with van der Waals surface area (Å²) in [5, 5.41) is 7.71. The predicted octanol–water partition coefficient (Wildman–Crippen LogP) is 5.00. The monoisotopic (exact) mass is 555 g/mol. The van der Waals surface area contributed by atoms with Gasteiger partial charge in [-0.25, -0.2) is 9.78 Å². The van der Waals surface area contributed by atoms with Crippen LogP contribution in [-0.4, -0.2) is 72.4 Å². The highest BCUT2D eigenvalue weighted by Gasteiger charge is 2.32. The number of likely N-dealkylation sites (tertiary alicyclic amines) is 2. The molecule has 0 radical (unpaired) electrons. The maximum atomic E-state index is 13.3. The number of ether oxygens (including phenoxy) is 1. The standard InChI is InChI=1S/C29H38ClN5O4/c1-3-39-29(37)32-27-19-22(8-13-31-27)20-34-14-9-24(10-15-34)28(36)35-16-11-23(12-17-35)26(33-38-2)18-21-4-6-25(30)7-5-21/h4-8,13,19,23-24H,3,9-12,14-18,20H2,1-2H3,(H,31,32,37)/b33-26+. The summed E-state index contributed by atoms with van der Waals surface area (Å²) in [7, 11) is 1.58. The van der Waals surface area contributed by atoms with E-state index < -0.39 is 6.09 Å². The number of halogens is 1. The Kier molecular flexibility index (Phi) is 10.6. The molecule has 9 nitrogen and oxygen atoms in total. The summed E-state index contributed by atoms with van der Waals surface area (Å²) < 4.78 is 4.92. The molecule has 1 aromatic heterocycles. The zero-order valence-electron chi connectivity index (χ0n) is 22.8. The first-order valence-corrected chi connectivity index (χ1v) is 14.1. The molecule has 4 rings (SSSR count). The van der Waals surface area contributed by atoms with Gasteiger partial charge in [-0.2, -0.15) is 0 Å². The Labute approximate surface area is 235 Å². The van der Waals surface area contributed by atoms with Crippen molar-refractivity contribution < 1.29 is 19.2 Å². The number of carbonyl (C=O) groups is 2. The molecular formula is C29H38ClN5O4. The Morgan fingerprint density at radius 3 is 2.38 bits per heavy atom. The predicted molar refractivity (Wildman–Crippen MR) is 152 cm³/mol. The third kappa shape index (κ3) is 8.41. The highest BCUT2D eigenvalue weighted by Crippen LogP contribution is 2.26. The van der Waals surface area contributed by atoms with Crippen LogP contribution in [0.25, 0.3) is 0 Å². The van der Waals surface area contributed by atoms with Crippen molar-refractivity contribution >= 4 is 35.1 Å². The van der Waals surface area contributed by atoms with Crippen molar-refractivity contribution in [3.05, 3.63) is 58.7 Å². The molecule has 1 N–H and O–H groups in total. The van der Waals surface area contributed by atoms with Crippen molar-refractivity contribution in [1.29, 1.82) is 0 Å². The largest absolute Gasteiger partial charge is 0.450 e. The van der Waals surface area contributed by atoms with E-state index >= 15 is 0 Å². The average molecular weight is 556 g/mol. The Hall–Kier alpha value is -3.17. The molecule has 0 saturated carbocycles. The fourth-order valence-corrected chi connectivity index (χ4v) is 5.51. The molecule has 0 spiro atoms. The number of carbonyl (C=O) groups excluding carboxylic acids is 2. The van der Waals surface area contributed by atoms with Gasteiger partial charge in [0.15, 0.2) is 0 Å². The van der Waals surface area contributed by atoms with E-state index in [1.165, 1.54) is 0 Å². The molecule has 2 fully saturated rings. The molecule has 2 aliphatic heterocycles. The molecule has 10 heteroatoms. The number of aromatic nitrogens is 1. The van der Waals surface area contributed by atoms with Gasteiger partial charge in [0.25, 0.3) is 0 Å². The fourth-order valence-electron chi connectivity index (χ4n) is 5.38. The molecule has 2 aromatic rings. The average Bonchev–Trinajstić information content (AvgIpc) is 2.94. The van der Waals surface area contributed by atoms with Crippen LogP contribution in [0.2, 0.25) is 5.02 Å². The van der Waals surface area contributed by atoms with Gasteiger partial charge in [-0.3, -0.25) is 15.0 Å². The van der Waals surface area contributed by atoms with E-state index in [0.29, 0.717) is 18.3 Å². The number of pyridine rings is 1.